The topological polar surface area (TPSA) is 72.2 Å². The SMILES string of the molecule is COc1ccc(C(=O)N2CCN(c3nccn4nc5c(c34)CCCC5)CC2)cc1OC. The number of piperazine rings is 1. The minimum absolute atomic E-state index is 0.00787. The second kappa shape index (κ2) is 8.09. The third-order valence-electron chi connectivity index (χ3n) is 6.30. The fraction of sp³-hybridized carbons (Fsp3) is 0.435. The van der Waals surface area contributed by atoms with E-state index in [-0.39, 0.29) is 5.91 Å². The van der Waals surface area contributed by atoms with Gasteiger partial charge in [0.05, 0.1) is 19.9 Å². The van der Waals surface area contributed by atoms with Gasteiger partial charge in [-0.3, -0.25) is 4.79 Å². The van der Waals surface area contributed by atoms with Gasteiger partial charge in [-0.1, -0.05) is 0 Å². The normalized spacial score (nSPS) is 16.3. The van der Waals surface area contributed by atoms with Gasteiger partial charge in [0.1, 0.15) is 5.52 Å². The third-order valence-corrected chi connectivity index (χ3v) is 6.30. The Kier molecular flexibility index (Phi) is 5.13. The van der Waals surface area contributed by atoms with Gasteiger partial charge in [-0.15, -0.1) is 0 Å². The Morgan fingerprint density at radius 1 is 1.00 bits per heavy atom. The lowest BCUT2D eigenvalue weighted by molar-refractivity contribution is 0.0746. The molecule has 1 aromatic carbocycles. The highest BCUT2D eigenvalue weighted by molar-refractivity contribution is 5.95. The van der Waals surface area contributed by atoms with E-state index in [1.165, 1.54) is 24.1 Å². The van der Waals surface area contributed by atoms with Crippen molar-refractivity contribution in [3.05, 3.63) is 47.4 Å². The van der Waals surface area contributed by atoms with Crippen LogP contribution in [-0.2, 0) is 12.8 Å². The third kappa shape index (κ3) is 3.45. The summed E-state index contributed by atoms with van der Waals surface area (Å²) >= 11 is 0. The summed E-state index contributed by atoms with van der Waals surface area (Å²) in [5.74, 6) is 2.17. The van der Waals surface area contributed by atoms with E-state index in [2.05, 4.69) is 4.90 Å². The van der Waals surface area contributed by atoms with E-state index in [1.54, 1.807) is 32.4 Å². The molecule has 1 aliphatic heterocycles. The van der Waals surface area contributed by atoms with Crippen molar-refractivity contribution in [3.8, 4) is 11.5 Å². The molecule has 0 spiro atoms. The molecule has 1 aliphatic carbocycles. The van der Waals surface area contributed by atoms with Crippen molar-refractivity contribution in [1.82, 2.24) is 19.5 Å². The van der Waals surface area contributed by atoms with Crippen molar-refractivity contribution in [2.24, 2.45) is 0 Å². The zero-order valence-electron chi connectivity index (χ0n) is 18.0. The molecule has 1 fully saturated rings. The molecule has 31 heavy (non-hydrogen) atoms. The number of hydrogen-bond acceptors (Lipinski definition) is 6. The van der Waals surface area contributed by atoms with E-state index in [0.29, 0.717) is 30.2 Å². The van der Waals surface area contributed by atoms with Crippen molar-refractivity contribution in [1.29, 1.82) is 0 Å². The van der Waals surface area contributed by atoms with Crippen molar-refractivity contribution in [2.75, 3.05) is 45.3 Å². The van der Waals surface area contributed by atoms with E-state index < -0.39 is 0 Å². The number of benzene rings is 1. The Morgan fingerprint density at radius 3 is 2.55 bits per heavy atom. The van der Waals surface area contributed by atoms with Gasteiger partial charge >= 0.3 is 0 Å². The van der Waals surface area contributed by atoms with Crippen molar-refractivity contribution >= 4 is 17.2 Å². The number of aryl methyl sites for hydroxylation is 2. The fourth-order valence-electron chi connectivity index (χ4n) is 4.65. The van der Waals surface area contributed by atoms with Gasteiger partial charge < -0.3 is 19.3 Å². The van der Waals surface area contributed by atoms with Crippen LogP contribution in [0.5, 0.6) is 11.5 Å². The molecule has 162 valence electrons. The smallest absolute Gasteiger partial charge is 0.254 e. The summed E-state index contributed by atoms with van der Waals surface area (Å²) in [6.07, 6.45) is 8.28. The summed E-state index contributed by atoms with van der Waals surface area (Å²) in [6.45, 7) is 2.77. The molecular formula is C23H27N5O3. The van der Waals surface area contributed by atoms with Crippen LogP contribution in [0.25, 0.3) is 5.52 Å². The maximum atomic E-state index is 13.1. The summed E-state index contributed by atoms with van der Waals surface area (Å²) < 4.78 is 12.6. The molecule has 5 rings (SSSR count). The Hall–Kier alpha value is -3.29. The first-order valence-electron chi connectivity index (χ1n) is 10.8. The molecule has 2 aliphatic rings. The van der Waals surface area contributed by atoms with Crippen molar-refractivity contribution in [2.45, 2.75) is 25.7 Å². The highest BCUT2D eigenvalue weighted by Gasteiger charge is 2.27. The van der Waals surface area contributed by atoms with Crippen LogP contribution in [0.2, 0.25) is 0 Å². The Bertz CT molecular complexity index is 1120. The molecular weight excluding hydrogens is 394 g/mol. The zero-order chi connectivity index (χ0) is 21.4. The van der Waals surface area contributed by atoms with Gasteiger partial charge in [0.25, 0.3) is 5.91 Å². The molecule has 0 bridgehead atoms. The molecule has 0 saturated carbocycles. The molecule has 0 unspecified atom stereocenters. The van der Waals surface area contributed by atoms with Crippen LogP contribution in [0, 0.1) is 0 Å². The predicted octanol–water partition coefficient (Wildman–Crippen LogP) is 2.59. The lowest BCUT2D eigenvalue weighted by Gasteiger charge is -2.35. The van der Waals surface area contributed by atoms with Crippen LogP contribution in [0.1, 0.15) is 34.5 Å². The molecule has 8 heteroatoms. The number of anilines is 1. The van der Waals surface area contributed by atoms with Crippen LogP contribution in [-0.4, -0.2) is 65.8 Å². The fourth-order valence-corrected chi connectivity index (χ4v) is 4.65. The minimum atomic E-state index is 0.00787. The van der Waals surface area contributed by atoms with E-state index >= 15 is 0 Å². The lowest BCUT2D eigenvalue weighted by atomic mass is 9.97. The summed E-state index contributed by atoms with van der Waals surface area (Å²) in [5, 5.41) is 4.79. The Labute approximate surface area is 181 Å². The highest BCUT2D eigenvalue weighted by atomic mass is 16.5. The van der Waals surface area contributed by atoms with Crippen LogP contribution in [0.15, 0.2) is 30.6 Å². The van der Waals surface area contributed by atoms with E-state index in [0.717, 1.165) is 37.3 Å². The van der Waals surface area contributed by atoms with Gasteiger partial charge in [0.2, 0.25) is 0 Å². The average molecular weight is 422 g/mol. The first kappa shape index (κ1) is 19.7. The molecule has 1 saturated heterocycles. The van der Waals surface area contributed by atoms with E-state index in [1.807, 2.05) is 21.8 Å². The Balaban J connectivity index is 1.34. The molecule has 0 radical (unpaired) electrons. The largest absolute Gasteiger partial charge is 0.493 e. The summed E-state index contributed by atoms with van der Waals surface area (Å²) in [4.78, 5) is 21.9. The highest BCUT2D eigenvalue weighted by Crippen LogP contribution is 2.31. The van der Waals surface area contributed by atoms with Crippen LogP contribution < -0.4 is 14.4 Å². The number of fused-ring (bicyclic) bond motifs is 3. The van der Waals surface area contributed by atoms with Gasteiger partial charge in [-0.05, 0) is 43.9 Å². The Morgan fingerprint density at radius 2 is 1.77 bits per heavy atom. The molecule has 3 aromatic rings. The average Bonchev–Trinajstić information content (AvgIpc) is 3.22. The quantitative estimate of drug-likeness (QED) is 0.645. The van der Waals surface area contributed by atoms with Gasteiger partial charge in [0, 0.05) is 49.7 Å². The molecule has 2 aromatic heterocycles. The monoisotopic (exact) mass is 421 g/mol. The maximum Gasteiger partial charge on any atom is 0.254 e. The first-order valence-corrected chi connectivity index (χ1v) is 10.8. The van der Waals surface area contributed by atoms with Gasteiger partial charge in [-0.2, -0.15) is 5.10 Å². The summed E-state index contributed by atoms with van der Waals surface area (Å²) in [6, 6.07) is 5.31. The standard InChI is InChI=1S/C23H27N5O3/c1-30-19-8-7-16(15-20(19)31-2)23(29)27-13-11-26(12-14-27)22-21-17-5-3-4-6-18(17)25-28(21)10-9-24-22/h7-10,15H,3-6,11-14H2,1-2H3. The number of aromatic nitrogens is 3. The molecule has 1 amide bonds. The number of hydrogen-bond donors (Lipinski definition) is 0. The first-order chi connectivity index (χ1) is 15.2. The van der Waals surface area contributed by atoms with Crippen LogP contribution >= 0.6 is 0 Å². The number of carbonyl (C=O) groups excluding carboxylic acids is 1. The number of carbonyl (C=O) groups is 1. The molecule has 3 heterocycles. The second-order valence-electron chi connectivity index (χ2n) is 8.03. The molecule has 8 nitrogen and oxygen atoms in total. The van der Waals surface area contributed by atoms with Crippen molar-refractivity contribution < 1.29 is 14.3 Å². The van der Waals surface area contributed by atoms with Gasteiger partial charge in [-0.25, -0.2) is 9.50 Å². The summed E-state index contributed by atoms with van der Waals surface area (Å²) in [5.41, 5.74) is 4.30. The number of ether oxygens (including phenoxy) is 2. The molecule has 0 atom stereocenters. The van der Waals surface area contributed by atoms with E-state index in [4.69, 9.17) is 19.6 Å². The maximum absolute atomic E-state index is 13.1. The number of methoxy groups -OCH3 is 2. The van der Waals surface area contributed by atoms with Crippen LogP contribution in [0.3, 0.4) is 0 Å². The lowest BCUT2D eigenvalue weighted by Crippen LogP contribution is -2.49. The number of nitrogens with zero attached hydrogens (tertiary/aromatic N) is 5. The summed E-state index contributed by atoms with van der Waals surface area (Å²) in [7, 11) is 3.17. The number of rotatable bonds is 4. The van der Waals surface area contributed by atoms with Gasteiger partial charge in [0.15, 0.2) is 17.3 Å². The predicted molar refractivity (Wildman–Crippen MR) is 117 cm³/mol. The second-order valence-corrected chi connectivity index (χ2v) is 8.03. The molecule has 0 N–H and O–H groups in total. The van der Waals surface area contributed by atoms with Crippen LogP contribution in [0.4, 0.5) is 5.82 Å². The van der Waals surface area contributed by atoms with Crippen molar-refractivity contribution in [3.63, 3.8) is 0 Å². The minimum Gasteiger partial charge on any atom is -0.493 e. The zero-order valence-corrected chi connectivity index (χ0v) is 18.0. The number of amides is 1. The van der Waals surface area contributed by atoms with E-state index in [9.17, 15) is 4.79 Å².